The van der Waals surface area contributed by atoms with Gasteiger partial charge in [-0.3, -0.25) is 10.1 Å². The molecule has 39 nitrogen and oxygen atoms in total. The summed E-state index contributed by atoms with van der Waals surface area (Å²) in [6, 6.07) is 2.28. The molecule has 41 heteroatoms. The van der Waals surface area contributed by atoms with E-state index in [1.165, 1.54) is 69.3 Å². The number of hydrogen-bond acceptors (Lipinski definition) is 38. The lowest BCUT2D eigenvalue weighted by Crippen LogP contribution is -2.68. The molecule has 35 atom stereocenters. The third kappa shape index (κ3) is 15.5. The van der Waals surface area contributed by atoms with Crippen LogP contribution in [0.4, 0.5) is 0 Å². The van der Waals surface area contributed by atoms with Crippen LogP contribution in [0.2, 0.25) is 10.0 Å². The number of fused-ring (bicyclic) bond motifs is 4. The fraction of sp³-hybridized carbons (Fsp3) is 0.800. The van der Waals surface area contributed by atoms with E-state index < -0.39 is 248 Å². The first kappa shape index (κ1) is 84.4. The first-order valence-electron chi connectivity index (χ1n) is 36.3. The first-order chi connectivity index (χ1) is 52.6. The molecule has 8 N–H and O–H groups in total. The summed E-state index contributed by atoms with van der Waals surface area (Å²) >= 11 is 12.8. The Morgan fingerprint density at radius 3 is 1.98 bits per heavy atom. The van der Waals surface area contributed by atoms with Gasteiger partial charge in [0.25, 0.3) is 11.5 Å². The molecule has 624 valence electrons. The van der Waals surface area contributed by atoms with Crippen molar-refractivity contribution in [2.45, 2.75) is 295 Å². The molecule has 11 fully saturated rings. The molecule has 0 radical (unpaired) electrons. The summed E-state index contributed by atoms with van der Waals surface area (Å²) in [7, 11) is 6.53. The monoisotopic (exact) mass is 1630 g/mol. The minimum atomic E-state index is -2.06. The fourth-order valence-corrected chi connectivity index (χ4v) is 17.5. The van der Waals surface area contributed by atoms with Gasteiger partial charge in [-0.1, -0.05) is 23.2 Å². The molecule has 2 aromatic rings. The Kier molecular flexibility index (Phi) is 25.1. The number of benzene rings is 2. The van der Waals surface area contributed by atoms with Crippen molar-refractivity contribution >= 4 is 35.1 Å². The number of methoxy groups -OCH3 is 5. The number of esters is 2. The van der Waals surface area contributed by atoms with Gasteiger partial charge in [-0.05, 0) is 72.6 Å². The van der Waals surface area contributed by atoms with Gasteiger partial charge in [-0.2, -0.15) is 0 Å². The van der Waals surface area contributed by atoms with E-state index in [4.69, 9.17) is 146 Å². The highest BCUT2D eigenvalue weighted by Gasteiger charge is 2.70. The van der Waals surface area contributed by atoms with Gasteiger partial charge in [0.05, 0.1) is 81.4 Å². The Bertz CT molecular complexity index is 3630. The molecular formula is C70H97Cl2NO38. The second-order valence-electron chi connectivity index (χ2n) is 29.9. The number of aliphatic hydroxyl groups is 5. The molecule has 1 unspecified atom stereocenters. The summed E-state index contributed by atoms with van der Waals surface area (Å²) in [5.41, 5.74) is -3.54. The van der Waals surface area contributed by atoms with Crippen molar-refractivity contribution in [3.05, 3.63) is 54.5 Å². The quantitative estimate of drug-likeness (QED) is 0.0495. The number of nitrogens with zero attached hydrogens (tertiary/aromatic N) is 1. The molecule has 11 saturated heterocycles. The smallest absolute Gasteiger partial charge is 0.342 e. The Morgan fingerprint density at radius 2 is 1.31 bits per heavy atom. The van der Waals surface area contributed by atoms with Crippen LogP contribution in [0.5, 0.6) is 23.0 Å². The van der Waals surface area contributed by atoms with Gasteiger partial charge in [-0.15, -0.1) is 0 Å². The number of aryl methyl sites for hydroxylation is 1. The van der Waals surface area contributed by atoms with Crippen molar-refractivity contribution < 1.29 is 179 Å². The van der Waals surface area contributed by atoms with Crippen LogP contribution in [0.1, 0.15) is 99.6 Å². The SMILES string of the molecule is COC[C@H]1O[C@@H](O[C@@H]2OC[C@@H]3O[C@@]4(OC[C@H](OC(=O)c5c(C)cc(O)cc5O)[C@@H]5OCO[C@H]54)O[C@H]3[C@H]2O)[C@@H](OC)[C@@H](O)[C@@H]1O[C@@H]1O[C@H](C)[C@H](OC)[C@H](O[C@@H]2O[C@H](C)[C@H]3OC4(C[C@@H](O)[C@H](O[C@H]5C[C@@H](O[C@H]6C[C@](C)([N+](=O)[O-])[C@@H](OC)[C@H](C)O6)[C@H](OC(=O)c6c(C)c(Cl)c(O)c(Cl)c6OC)[C@@H](C)O5)[C@@H](C)O4)O[C@]3(C)[C@@H]2O)[C@H]1O. The van der Waals surface area contributed by atoms with Gasteiger partial charge in [0, 0.05) is 52.8 Å². The summed E-state index contributed by atoms with van der Waals surface area (Å²) < 4.78 is 160. The molecule has 0 aliphatic carbocycles. The topological polar surface area (TPSA) is 479 Å². The maximum Gasteiger partial charge on any atom is 0.342 e. The summed E-state index contributed by atoms with van der Waals surface area (Å²) in [6.45, 7) is 12.7. The molecule has 2 spiro atoms. The number of rotatable bonds is 21. The van der Waals surface area contributed by atoms with Crippen molar-refractivity contribution in [3.8, 4) is 23.0 Å². The molecule has 0 aromatic heterocycles. The number of phenols is 3. The van der Waals surface area contributed by atoms with Crippen LogP contribution in [0, 0.1) is 24.0 Å². The highest BCUT2D eigenvalue weighted by Crippen LogP contribution is 2.53. The first-order valence-corrected chi connectivity index (χ1v) is 37.1. The number of carbonyl (C=O) groups excluding carboxylic acids is 2. The Morgan fingerprint density at radius 1 is 0.613 bits per heavy atom. The molecule has 11 heterocycles. The van der Waals surface area contributed by atoms with E-state index in [1.54, 1.807) is 34.6 Å². The highest BCUT2D eigenvalue weighted by atomic mass is 35.5. The van der Waals surface area contributed by atoms with Crippen LogP contribution in [0.25, 0.3) is 0 Å². The van der Waals surface area contributed by atoms with E-state index in [-0.39, 0.29) is 83.3 Å². The minimum Gasteiger partial charge on any atom is -0.508 e. The second-order valence-corrected chi connectivity index (χ2v) is 30.6. The zero-order chi connectivity index (χ0) is 80.2. The van der Waals surface area contributed by atoms with Crippen molar-refractivity contribution in [3.63, 3.8) is 0 Å². The number of hydrogen-bond donors (Lipinski definition) is 8. The van der Waals surface area contributed by atoms with Crippen LogP contribution in [-0.2, 0) is 118 Å². The van der Waals surface area contributed by atoms with E-state index in [9.17, 15) is 60.6 Å². The van der Waals surface area contributed by atoms with E-state index in [0.29, 0.717) is 0 Å². The number of aliphatic hydroxyl groups excluding tert-OH is 5. The molecule has 0 amide bonds. The highest BCUT2D eigenvalue weighted by molar-refractivity contribution is 6.39. The summed E-state index contributed by atoms with van der Waals surface area (Å²) in [5.74, 6) is -7.54. The third-order valence-corrected chi connectivity index (χ3v) is 23.3. The Hall–Kier alpha value is -4.56. The molecular weight excluding hydrogens is 1530 g/mol. The molecule has 0 saturated carbocycles. The van der Waals surface area contributed by atoms with Crippen LogP contribution >= 0.6 is 23.2 Å². The predicted molar refractivity (Wildman–Crippen MR) is 363 cm³/mol. The molecule has 111 heavy (non-hydrogen) atoms. The van der Waals surface area contributed by atoms with Gasteiger partial charge in [0.1, 0.15) is 132 Å². The van der Waals surface area contributed by atoms with E-state index in [0.717, 1.165) is 6.07 Å². The van der Waals surface area contributed by atoms with Gasteiger partial charge >= 0.3 is 17.9 Å². The van der Waals surface area contributed by atoms with Crippen molar-refractivity contribution in [1.29, 1.82) is 0 Å². The minimum absolute atomic E-state index is 0.0700. The van der Waals surface area contributed by atoms with Crippen molar-refractivity contribution in [2.75, 3.05) is 62.2 Å². The van der Waals surface area contributed by atoms with Crippen molar-refractivity contribution in [2.24, 2.45) is 0 Å². The van der Waals surface area contributed by atoms with E-state index in [1.807, 2.05) is 0 Å². The number of carbonyl (C=O) groups is 2. The molecule has 11 aliphatic heterocycles. The summed E-state index contributed by atoms with van der Waals surface area (Å²) in [5, 5.41) is 104. The van der Waals surface area contributed by atoms with Gasteiger partial charge < -0.3 is 164 Å². The standard InChI is InChI=1S/C70H97Cl2NO38/c1-24-15-31(74)16-32(75)40(24)61(82)100-36-22-94-70(60-53(36)92-23-93-60)108-37-21-91-63(46(79)52(37)109-70)106-65-56(89-13)45(78)51(35(101-65)20-86-10)104-64-47(80)55(50(87-11)27(4)97-64)105-66-57(81)68(9)59(30(7)98-66)110-69(111-68)18-33(76)48(28(5)107-69)102-38-17-34(99-39-19-67(8,73(84)85)58(90-14)29(6)96-39)49(26(3)95-38)103-62(83)41-25(2)42(71)44(77)43(72)54(41)88-12/h15-16,26-30,33-39,45-53,55-60,63-66,74-81H,17-23H2,1-14H3/t26-,27-,28-,29+,30-,33-,34-,35-,36+,37+,38+,39+,45+,46-,47-,48-,49-,50+,51-,52-,53+,55-,56+,57-,58+,59-,60-,63+,64+,65+,66+,67+,68-,69?,70-/m1/s1. The lowest BCUT2D eigenvalue weighted by atomic mass is 9.85. The third-order valence-electron chi connectivity index (χ3n) is 22.5. The van der Waals surface area contributed by atoms with Crippen LogP contribution in [0.15, 0.2) is 12.1 Å². The summed E-state index contributed by atoms with van der Waals surface area (Å²) in [6.07, 6.45) is -40.9. The maximum atomic E-state index is 14.3. The fourth-order valence-electron chi connectivity index (χ4n) is 17.0. The number of ether oxygens (including phenoxy) is 26. The van der Waals surface area contributed by atoms with Crippen LogP contribution < -0.4 is 4.74 Å². The average molecular weight is 1630 g/mol. The molecule has 13 rings (SSSR count). The van der Waals surface area contributed by atoms with E-state index >= 15 is 0 Å². The van der Waals surface area contributed by atoms with Crippen LogP contribution in [-0.4, -0.2) is 333 Å². The Labute approximate surface area is 645 Å². The number of halogens is 2. The number of phenolic OH excluding ortho intramolecular Hbond substituents is 3. The van der Waals surface area contributed by atoms with E-state index in [2.05, 4.69) is 0 Å². The zero-order valence-corrected chi connectivity index (χ0v) is 64.5. The largest absolute Gasteiger partial charge is 0.508 e. The lowest BCUT2D eigenvalue weighted by Gasteiger charge is -2.50. The second kappa shape index (κ2) is 33.1. The number of aromatic hydroxyl groups is 3. The van der Waals surface area contributed by atoms with Gasteiger partial charge in [0.15, 0.2) is 73.7 Å². The normalized spacial score (nSPS) is 45.6. The average Bonchev–Trinajstić information content (AvgIpc) is 1.58. The zero-order valence-electron chi connectivity index (χ0n) is 63.0. The predicted octanol–water partition coefficient (Wildman–Crippen LogP) is 1.26. The molecule has 11 aliphatic rings. The van der Waals surface area contributed by atoms with Crippen molar-refractivity contribution in [1.82, 2.24) is 0 Å². The van der Waals surface area contributed by atoms with Crippen LogP contribution in [0.3, 0.4) is 0 Å². The Balaban J connectivity index is 0.644. The summed E-state index contributed by atoms with van der Waals surface area (Å²) in [4.78, 5) is 39.8. The molecule has 2 aromatic carbocycles. The molecule has 0 bridgehead atoms. The van der Waals surface area contributed by atoms with Gasteiger partial charge in [0.2, 0.25) is 0 Å². The maximum absolute atomic E-state index is 14.3. The van der Waals surface area contributed by atoms with Gasteiger partial charge in [-0.25, -0.2) is 9.59 Å². The lowest BCUT2D eigenvalue weighted by molar-refractivity contribution is -0.595. The number of nitro groups is 1.